The number of nitrogens with two attached hydrogens (primary N) is 1. The van der Waals surface area contributed by atoms with Gasteiger partial charge in [0.1, 0.15) is 6.61 Å². The normalized spacial score (nSPS) is 15.9. The summed E-state index contributed by atoms with van der Waals surface area (Å²) in [4.78, 5) is 11.2. The Morgan fingerprint density at radius 2 is 1.94 bits per heavy atom. The maximum Gasteiger partial charge on any atom is 0.411 e. The van der Waals surface area contributed by atoms with E-state index in [0.29, 0.717) is 0 Å². The molecule has 0 aromatic heterocycles. The highest BCUT2D eigenvalue weighted by atomic mass is 19.4. The third-order valence-corrected chi connectivity index (χ3v) is 2.16. The molecule has 0 fully saturated rings. The quantitative estimate of drug-likeness (QED) is 0.673. The van der Waals surface area contributed by atoms with Crippen LogP contribution in [0.25, 0.3) is 0 Å². The predicted molar refractivity (Wildman–Crippen MR) is 57.4 cm³/mol. The van der Waals surface area contributed by atoms with E-state index < -0.39 is 24.2 Å². The van der Waals surface area contributed by atoms with Crippen molar-refractivity contribution in [2.45, 2.75) is 44.9 Å². The van der Waals surface area contributed by atoms with Gasteiger partial charge in [-0.1, -0.05) is 0 Å². The lowest BCUT2D eigenvalue weighted by Gasteiger charge is -2.29. The first kappa shape index (κ1) is 16.2. The summed E-state index contributed by atoms with van der Waals surface area (Å²) in [6.07, 6.45) is -4.26. The molecule has 0 bridgehead atoms. The molecule has 0 spiro atoms. The molecule has 3 N–H and O–H groups in total. The summed E-state index contributed by atoms with van der Waals surface area (Å²) in [5.74, 6) is -0.609. The maximum atomic E-state index is 11.8. The Kier molecular flexibility index (Phi) is 5.91. The fourth-order valence-corrected chi connectivity index (χ4v) is 1.37. The second kappa shape index (κ2) is 6.20. The molecule has 102 valence electrons. The molecular formula is C10H19F3N2O2. The van der Waals surface area contributed by atoms with Crippen molar-refractivity contribution in [3.63, 3.8) is 0 Å². The summed E-state index contributed by atoms with van der Waals surface area (Å²) in [6.45, 7) is 3.68. The Morgan fingerprint density at radius 1 is 1.41 bits per heavy atom. The number of alkyl halides is 3. The molecule has 0 aliphatic rings. The highest BCUT2D eigenvalue weighted by Gasteiger charge is 2.32. The molecule has 0 aromatic carbocycles. The lowest BCUT2D eigenvalue weighted by atomic mass is 9.96. The molecular weight excluding hydrogens is 237 g/mol. The van der Waals surface area contributed by atoms with Gasteiger partial charge < -0.3 is 15.8 Å². The zero-order chi connectivity index (χ0) is 13.7. The molecule has 0 saturated carbocycles. The summed E-state index contributed by atoms with van der Waals surface area (Å²) in [6, 6.07) is -0.00452. The molecule has 0 rings (SSSR count). The van der Waals surface area contributed by atoms with E-state index in [4.69, 9.17) is 5.73 Å². The number of carbonyl (C=O) groups is 1. The zero-order valence-electron chi connectivity index (χ0n) is 10.2. The minimum atomic E-state index is -4.35. The summed E-state index contributed by atoms with van der Waals surface area (Å²) in [5, 5.41) is 2.92. The molecule has 0 aliphatic carbocycles. The largest absolute Gasteiger partial charge is 0.411 e. The monoisotopic (exact) mass is 256 g/mol. The van der Waals surface area contributed by atoms with Crippen LogP contribution in [0.4, 0.5) is 13.2 Å². The summed E-state index contributed by atoms with van der Waals surface area (Å²) in [7, 11) is 0. The summed E-state index contributed by atoms with van der Waals surface area (Å²) in [5.41, 5.74) is 4.15. The van der Waals surface area contributed by atoms with Gasteiger partial charge >= 0.3 is 6.18 Å². The van der Waals surface area contributed by atoms with Crippen LogP contribution in [-0.2, 0) is 9.53 Å². The molecule has 17 heavy (non-hydrogen) atoms. The minimum Gasteiger partial charge on any atom is -0.372 e. The third-order valence-electron chi connectivity index (χ3n) is 2.16. The molecule has 0 aliphatic heterocycles. The average molecular weight is 256 g/mol. The molecule has 4 nitrogen and oxygen atoms in total. The van der Waals surface area contributed by atoms with Crippen molar-refractivity contribution < 1.29 is 22.7 Å². The lowest BCUT2D eigenvalue weighted by molar-refractivity contribution is -0.175. The number of halogens is 3. The van der Waals surface area contributed by atoms with Gasteiger partial charge in [-0.05, 0) is 27.2 Å². The van der Waals surface area contributed by atoms with Crippen molar-refractivity contribution in [2.75, 3.05) is 13.2 Å². The van der Waals surface area contributed by atoms with Gasteiger partial charge in [-0.25, -0.2) is 0 Å². The second-order valence-corrected chi connectivity index (χ2v) is 4.41. The van der Waals surface area contributed by atoms with Crippen LogP contribution in [0.3, 0.4) is 0 Å². The van der Waals surface area contributed by atoms with E-state index in [-0.39, 0.29) is 19.1 Å². The van der Waals surface area contributed by atoms with E-state index >= 15 is 0 Å². The maximum absolute atomic E-state index is 11.8. The molecule has 0 radical (unpaired) electrons. The Labute approximate surface area is 98.7 Å². The number of amides is 1. The Bertz CT molecular complexity index is 256. The van der Waals surface area contributed by atoms with E-state index in [9.17, 15) is 18.0 Å². The minimum absolute atomic E-state index is 0.00452. The van der Waals surface area contributed by atoms with Gasteiger partial charge in [0.15, 0.2) is 0 Å². The van der Waals surface area contributed by atoms with Crippen LogP contribution in [-0.4, -0.2) is 36.9 Å². The van der Waals surface area contributed by atoms with Gasteiger partial charge in [-0.15, -0.1) is 0 Å². The van der Waals surface area contributed by atoms with Crippen LogP contribution >= 0.6 is 0 Å². The number of primary amides is 1. The second-order valence-electron chi connectivity index (χ2n) is 4.41. The van der Waals surface area contributed by atoms with Crippen LogP contribution < -0.4 is 11.1 Å². The smallest absolute Gasteiger partial charge is 0.372 e. The van der Waals surface area contributed by atoms with Crippen molar-refractivity contribution in [3.05, 3.63) is 0 Å². The average Bonchev–Trinajstić information content (AvgIpc) is 2.09. The first-order valence-electron chi connectivity index (χ1n) is 5.29. The van der Waals surface area contributed by atoms with E-state index in [0.717, 1.165) is 0 Å². The highest BCUT2D eigenvalue weighted by Crippen LogP contribution is 2.16. The van der Waals surface area contributed by atoms with Crippen LogP contribution in [0.15, 0.2) is 0 Å². The van der Waals surface area contributed by atoms with Crippen LogP contribution in [0.2, 0.25) is 0 Å². The van der Waals surface area contributed by atoms with Crippen molar-refractivity contribution in [1.82, 2.24) is 5.32 Å². The molecule has 0 saturated heterocycles. The predicted octanol–water partition coefficient (Wildman–Crippen LogP) is 1.20. The van der Waals surface area contributed by atoms with Gasteiger partial charge in [0.05, 0.1) is 5.54 Å². The fraction of sp³-hybridized carbons (Fsp3) is 0.900. The van der Waals surface area contributed by atoms with Gasteiger partial charge in [-0.2, -0.15) is 13.2 Å². The van der Waals surface area contributed by atoms with Crippen molar-refractivity contribution >= 4 is 5.91 Å². The van der Waals surface area contributed by atoms with Crippen LogP contribution in [0, 0.1) is 0 Å². The zero-order valence-corrected chi connectivity index (χ0v) is 10.2. The number of hydrogen-bond acceptors (Lipinski definition) is 3. The number of ether oxygens (including phenoxy) is 1. The number of nitrogens with one attached hydrogen (secondary N) is 1. The van der Waals surface area contributed by atoms with E-state index in [1.54, 1.807) is 6.92 Å². The third kappa shape index (κ3) is 7.17. The van der Waals surface area contributed by atoms with E-state index in [2.05, 4.69) is 10.1 Å². The molecule has 1 unspecified atom stereocenters. The standard InChI is InChI=1S/C10H19F3N2O2/c1-7(2)15-9(3,8(14)16)4-5-17-6-10(11,12)13/h7,15H,4-6H2,1-3H3,(H2,14,16). The Morgan fingerprint density at radius 3 is 2.29 bits per heavy atom. The van der Waals surface area contributed by atoms with Crippen molar-refractivity contribution in [1.29, 1.82) is 0 Å². The first-order chi connectivity index (χ1) is 7.57. The molecule has 7 heteroatoms. The summed E-state index contributed by atoms with van der Waals surface area (Å²) < 4.78 is 39.9. The summed E-state index contributed by atoms with van der Waals surface area (Å²) >= 11 is 0. The number of rotatable bonds is 7. The van der Waals surface area contributed by atoms with Gasteiger partial charge in [0.2, 0.25) is 5.91 Å². The van der Waals surface area contributed by atoms with Crippen LogP contribution in [0.1, 0.15) is 27.2 Å². The lowest BCUT2D eigenvalue weighted by Crippen LogP contribution is -2.56. The van der Waals surface area contributed by atoms with Crippen molar-refractivity contribution in [2.24, 2.45) is 5.73 Å². The highest BCUT2D eigenvalue weighted by molar-refractivity contribution is 5.84. The number of carbonyl (C=O) groups excluding carboxylic acids is 1. The molecule has 1 amide bonds. The SMILES string of the molecule is CC(C)NC(C)(CCOCC(F)(F)F)C(N)=O. The number of hydrogen-bond donors (Lipinski definition) is 2. The molecule has 0 heterocycles. The van der Waals surface area contributed by atoms with E-state index in [1.807, 2.05) is 13.8 Å². The van der Waals surface area contributed by atoms with Crippen molar-refractivity contribution in [3.8, 4) is 0 Å². The topological polar surface area (TPSA) is 64.3 Å². The Balaban J connectivity index is 4.15. The first-order valence-corrected chi connectivity index (χ1v) is 5.29. The van der Waals surface area contributed by atoms with E-state index in [1.165, 1.54) is 0 Å². The van der Waals surface area contributed by atoms with Gasteiger partial charge in [0, 0.05) is 12.6 Å². The van der Waals surface area contributed by atoms with Crippen LogP contribution in [0.5, 0.6) is 0 Å². The molecule has 0 aromatic rings. The Hall–Kier alpha value is -0.820. The van der Waals surface area contributed by atoms with Gasteiger partial charge in [0.25, 0.3) is 0 Å². The molecule has 1 atom stereocenters. The fourth-order valence-electron chi connectivity index (χ4n) is 1.37. The van der Waals surface area contributed by atoms with Gasteiger partial charge in [-0.3, -0.25) is 4.79 Å².